The summed E-state index contributed by atoms with van der Waals surface area (Å²) in [5.41, 5.74) is 0. The first-order valence-electron chi connectivity index (χ1n) is 4.74. The van der Waals surface area contributed by atoms with Gasteiger partial charge in [-0.3, -0.25) is 10.1 Å². The maximum absolute atomic E-state index is 11.1. The van der Waals surface area contributed by atoms with Crippen molar-refractivity contribution in [1.82, 2.24) is 10.2 Å². The average Bonchev–Trinajstić information content (AvgIpc) is 2.36. The molecule has 0 spiro atoms. The van der Waals surface area contributed by atoms with Crippen LogP contribution >= 0.6 is 0 Å². The van der Waals surface area contributed by atoms with Crippen LogP contribution in [-0.4, -0.2) is 63.9 Å². The van der Waals surface area contributed by atoms with E-state index in [0.717, 1.165) is 14.2 Å². The Bertz CT molecular complexity index is 354. The number of hydrogen-bond acceptors (Lipinski definition) is 6. The Morgan fingerprint density at radius 3 is 2.17 bits per heavy atom. The summed E-state index contributed by atoms with van der Waals surface area (Å²) in [6, 6.07) is 0. The molecule has 0 bridgehead atoms. The molecule has 0 saturated carbocycles. The highest BCUT2D eigenvalue weighted by Gasteiger charge is 2.16. The molecule has 0 aliphatic rings. The van der Waals surface area contributed by atoms with E-state index in [-0.39, 0.29) is 12.5 Å². The van der Waals surface area contributed by atoms with Gasteiger partial charge >= 0.3 is 18.2 Å². The maximum atomic E-state index is 11.1. The maximum Gasteiger partial charge on any atom is 0.436 e. The number of guanidine groups is 1. The number of rotatable bonds is 2. The first-order valence-corrected chi connectivity index (χ1v) is 4.74. The number of ether oxygens (including phenoxy) is 3. The zero-order chi connectivity index (χ0) is 14.1. The number of carbonyl (C=O) groups is 3. The van der Waals surface area contributed by atoms with Crippen molar-refractivity contribution >= 4 is 24.1 Å². The van der Waals surface area contributed by atoms with Crippen LogP contribution in [0.3, 0.4) is 0 Å². The molecule has 0 aromatic heterocycles. The smallest absolute Gasteiger partial charge is 0.436 e. The van der Waals surface area contributed by atoms with Crippen molar-refractivity contribution in [2.45, 2.75) is 0 Å². The fourth-order valence-corrected chi connectivity index (χ4v) is 0.816. The molecule has 0 aliphatic heterocycles. The van der Waals surface area contributed by atoms with E-state index >= 15 is 0 Å². The highest BCUT2D eigenvalue weighted by atomic mass is 16.5. The van der Waals surface area contributed by atoms with E-state index < -0.39 is 18.2 Å². The summed E-state index contributed by atoms with van der Waals surface area (Å²) in [6.07, 6.45) is -1.77. The number of amides is 2. The third kappa shape index (κ3) is 5.68. The number of carbonyl (C=O) groups excluding carboxylic acids is 3. The minimum absolute atomic E-state index is 0.195. The van der Waals surface area contributed by atoms with Crippen molar-refractivity contribution in [2.24, 2.45) is 4.99 Å². The second-order valence-electron chi connectivity index (χ2n) is 2.95. The van der Waals surface area contributed by atoms with E-state index in [0.29, 0.717) is 0 Å². The van der Waals surface area contributed by atoms with Gasteiger partial charge in [0.05, 0.1) is 21.3 Å². The zero-order valence-corrected chi connectivity index (χ0v) is 10.6. The van der Waals surface area contributed by atoms with Crippen LogP contribution in [0, 0.1) is 0 Å². The predicted octanol–water partition coefficient (Wildman–Crippen LogP) is -0.430. The zero-order valence-electron chi connectivity index (χ0n) is 10.6. The number of likely N-dealkylation sites (N-methyl/N-ethyl adjacent to an activating group) is 1. The van der Waals surface area contributed by atoms with Gasteiger partial charge in [0.15, 0.2) is 0 Å². The third-order valence-corrected chi connectivity index (χ3v) is 1.73. The summed E-state index contributed by atoms with van der Waals surface area (Å²) >= 11 is 0. The van der Waals surface area contributed by atoms with Gasteiger partial charge in [0, 0.05) is 7.05 Å². The van der Waals surface area contributed by atoms with E-state index in [1.165, 1.54) is 19.1 Å². The van der Waals surface area contributed by atoms with Gasteiger partial charge in [-0.2, -0.15) is 0 Å². The van der Waals surface area contributed by atoms with Crippen LogP contribution in [0.5, 0.6) is 0 Å². The Balaban J connectivity index is 4.85. The summed E-state index contributed by atoms with van der Waals surface area (Å²) in [4.78, 5) is 37.7. The minimum Gasteiger partial charge on any atom is -0.468 e. The number of nitrogens with one attached hydrogen (secondary N) is 1. The molecule has 102 valence electrons. The van der Waals surface area contributed by atoms with Gasteiger partial charge in [-0.15, -0.1) is 4.99 Å². The molecule has 9 nitrogen and oxygen atoms in total. The SMILES string of the molecule is COC(=O)CN(C)/C(=N\C(=O)OC)NC(=O)OC. The van der Waals surface area contributed by atoms with E-state index in [4.69, 9.17) is 0 Å². The van der Waals surface area contributed by atoms with Crippen LogP contribution in [0.4, 0.5) is 9.59 Å². The summed E-state index contributed by atoms with van der Waals surface area (Å²) in [5, 5.41) is 2.17. The normalized spacial score (nSPS) is 10.3. The Morgan fingerprint density at radius 1 is 1.11 bits per heavy atom. The van der Waals surface area contributed by atoms with Crippen LogP contribution in [0.15, 0.2) is 4.99 Å². The van der Waals surface area contributed by atoms with Crippen LogP contribution < -0.4 is 5.32 Å². The van der Waals surface area contributed by atoms with E-state index in [9.17, 15) is 14.4 Å². The molecule has 0 saturated heterocycles. The minimum atomic E-state index is -0.932. The first kappa shape index (κ1) is 15.7. The molecule has 2 amide bonds. The Hall–Kier alpha value is -2.32. The van der Waals surface area contributed by atoms with Gasteiger partial charge in [0.25, 0.3) is 0 Å². The monoisotopic (exact) mass is 261 g/mol. The van der Waals surface area contributed by atoms with Crippen molar-refractivity contribution < 1.29 is 28.6 Å². The van der Waals surface area contributed by atoms with Gasteiger partial charge in [-0.05, 0) is 0 Å². The molecule has 1 N–H and O–H groups in total. The lowest BCUT2D eigenvalue weighted by Gasteiger charge is -2.19. The molecule has 0 aliphatic carbocycles. The van der Waals surface area contributed by atoms with Gasteiger partial charge in [0.2, 0.25) is 5.96 Å². The number of esters is 1. The Kier molecular flexibility index (Phi) is 6.86. The average molecular weight is 261 g/mol. The molecular weight excluding hydrogens is 246 g/mol. The first-order chi connectivity index (χ1) is 8.44. The molecule has 0 aromatic carbocycles. The number of alkyl carbamates (subject to hydrolysis) is 1. The molecule has 0 atom stereocenters. The van der Waals surface area contributed by atoms with Crippen LogP contribution in [0.1, 0.15) is 0 Å². The Labute approximate surface area is 104 Å². The van der Waals surface area contributed by atoms with E-state index in [2.05, 4.69) is 24.5 Å². The lowest BCUT2D eigenvalue weighted by atomic mass is 10.5. The van der Waals surface area contributed by atoms with Gasteiger partial charge in [0.1, 0.15) is 6.54 Å². The van der Waals surface area contributed by atoms with Crippen LogP contribution in [0.2, 0.25) is 0 Å². The number of hydrogen-bond donors (Lipinski definition) is 1. The lowest BCUT2D eigenvalue weighted by Crippen LogP contribution is -2.44. The van der Waals surface area contributed by atoms with Crippen molar-refractivity contribution in [3.63, 3.8) is 0 Å². The summed E-state index contributed by atoms with van der Waals surface area (Å²) in [6.45, 7) is -0.212. The molecule has 18 heavy (non-hydrogen) atoms. The molecule has 0 heterocycles. The van der Waals surface area contributed by atoms with E-state index in [1.54, 1.807) is 0 Å². The van der Waals surface area contributed by atoms with Crippen molar-refractivity contribution in [2.75, 3.05) is 34.9 Å². The van der Waals surface area contributed by atoms with Crippen molar-refractivity contribution in [1.29, 1.82) is 0 Å². The fourth-order valence-electron chi connectivity index (χ4n) is 0.816. The third-order valence-electron chi connectivity index (χ3n) is 1.73. The standard InChI is InChI=1S/C9H15N3O6/c1-12(5-6(13)16-2)7(10-8(14)17-3)11-9(15)18-4/h5H2,1-4H3,(H,10,11,14,15). The van der Waals surface area contributed by atoms with Crippen molar-refractivity contribution in [3.05, 3.63) is 0 Å². The molecule has 0 rings (SSSR count). The fraction of sp³-hybridized carbons (Fsp3) is 0.556. The molecule has 0 fully saturated rings. The van der Waals surface area contributed by atoms with Crippen LogP contribution in [-0.2, 0) is 19.0 Å². The van der Waals surface area contributed by atoms with Gasteiger partial charge in [-0.25, -0.2) is 9.59 Å². The number of aliphatic imine (C=N–C) groups is 1. The van der Waals surface area contributed by atoms with Gasteiger partial charge < -0.3 is 19.1 Å². The Morgan fingerprint density at radius 2 is 1.72 bits per heavy atom. The molecule has 0 aromatic rings. The summed E-state index contributed by atoms with van der Waals surface area (Å²) < 4.78 is 13.1. The summed E-state index contributed by atoms with van der Waals surface area (Å²) in [5.74, 6) is -0.763. The number of nitrogens with zero attached hydrogens (tertiary/aromatic N) is 2. The highest BCUT2D eigenvalue weighted by molar-refractivity contribution is 5.99. The van der Waals surface area contributed by atoms with Crippen molar-refractivity contribution in [3.8, 4) is 0 Å². The largest absolute Gasteiger partial charge is 0.468 e. The van der Waals surface area contributed by atoms with E-state index in [1.807, 2.05) is 0 Å². The summed E-state index contributed by atoms with van der Waals surface area (Å²) in [7, 11) is 4.91. The molecule has 9 heteroatoms. The second-order valence-corrected chi connectivity index (χ2v) is 2.95. The van der Waals surface area contributed by atoms with Gasteiger partial charge in [-0.1, -0.05) is 0 Å². The quantitative estimate of drug-likeness (QED) is 0.311. The predicted molar refractivity (Wildman–Crippen MR) is 60.0 cm³/mol. The lowest BCUT2D eigenvalue weighted by molar-refractivity contribution is -0.140. The molecule has 0 radical (unpaired) electrons. The topological polar surface area (TPSA) is 107 Å². The second kappa shape index (κ2) is 7.87. The van der Waals surface area contributed by atoms with Crippen LogP contribution in [0.25, 0.3) is 0 Å². The highest BCUT2D eigenvalue weighted by Crippen LogP contribution is 1.91. The number of methoxy groups -OCH3 is 3. The molecular formula is C9H15N3O6. The molecule has 0 unspecified atom stereocenters.